The molecule has 0 unspecified atom stereocenters. The first-order chi connectivity index (χ1) is 20.3. The molecule has 0 N–H and O–H groups in total. The van der Waals surface area contributed by atoms with Gasteiger partial charge in [0.05, 0.1) is 43.1 Å². The van der Waals surface area contributed by atoms with Crippen molar-refractivity contribution < 1.29 is 8.78 Å². The summed E-state index contributed by atoms with van der Waals surface area (Å²) in [5, 5.41) is 1.52. The van der Waals surface area contributed by atoms with Gasteiger partial charge in [0.25, 0.3) is 0 Å². The van der Waals surface area contributed by atoms with Crippen LogP contribution in [0.2, 0.25) is 10.0 Å². The molecular weight excluding hydrogens is 709 g/mol. The molecule has 2 atom stereocenters. The van der Waals surface area contributed by atoms with Crippen molar-refractivity contribution in [3.8, 4) is 0 Å². The monoisotopic (exact) mass is 728 g/mol. The van der Waals surface area contributed by atoms with Gasteiger partial charge in [-0.05, 0) is 80.1 Å². The highest BCUT2D eigenvalue weighted by atomic mass is 79.9. The lowest BCUT2D eigenvalue weighted by Gasteiger charge is -2.16. The van der Waals surface area contributed by atoms with Crippen LogP contribution >= 0.6 is 55.1 Å². The predicted octanol–water partition coefficient (Wildman–Crippen LogP) is 10.3. The maximum absolute atomic E-state index is 13.7. The summed E-state index contributed by atoms with van der Waals surface area (Å²) in [4.78, 5) is 9.12. The van der Waals surface area contributed by atoms with Crippen LogP contribution in [0, 0.1) is 11.6 Å². The van der Waals surface area contributed by atoms with E-state index in [0.29, 0.717) is 20.0 Å². The van der Waals surface area contributed by atoms with E-state index in [1.54, 1.807) is 12.1 Å². The van der Waals surface area contributed by atoms with Gasteiger partial charge in [-0.25, -0.2) is 18.7 Å². The minimum atomic E-state index is -0.284. The minimum Gasteiger partial charge on any atom is -0.320 e. The van der Waals surface area contributed by atoms with Crippen molar-refractivity contribution in [2.24, 2.45) is 0 Å². The summed E-state index contributed by atoms with van der Waals surface area (Å²) < 4.78 is 32.6. The van der Waals surface area contributed by atoms with Crippen molar-refractivity contribution in [3.63, 3.8) is 0 Å². The quantitative estimate of drug-likeness (QED) is 0.178. The Hall–Kier alpha value is -2.78. The number of halogens is 6. The molecule has 0 fully saturated rings. The summed E-state index contributed by atoms with van der Waals surface area (Å²) in [6, 6.07) is 22.6. The van der Waals surface area contributed by atoms with Gasteiger partial charge < -0.3 is 9.13 Å². The smallest absolute Gasteiger partial charge is 0.139 e. The second-order valence-electron chi connectivity index (χ2n) is 10.5. The van der Waals surface area contributed by atoms with Crippen molar-refractivity contribution in [3.05, 3.63) is 126 Å². The molecule has 0 amide bonds. The van der Waals surface area contributed by atoms with Crippen molar-refractivity contribution >= 4 is 77.1 Å². The number of fused-ring (bicyclic) bond motifs is 6. The van der Waals surface area contributed by atoms with Gasteiger partial charge in [0.2, 0.25) is 0 Å². The molecule has 4 heterocycles. The fourth-order valence-corrected chi connectivity index (χ4v) is 7.38. The number of hydrogen-bond donors (Lipinski definition) is 0. The number of rotatable bonds is 2. The van der Waals surface area contributed by atoms with Crippen LogP contribution < -0.4 is 0 Å². The van der Waals surface area contributed by atoms with Crippen molar-refractivity contribution in [1.29, 1.82) is 0 Å². The molecule has 0 aliphatic carbocycles. The van der Waals surface area contributed by atoms with E-state index in [0.717, 1.165) is 69.5 Å². The molecule has 8 rings (SSSR count). The first kappa shape index (κ1) is 28.0. The highest BCUT2D eigenvalue weighted by Gasteiger charge is 2.30. The first-order valence-electron chi connectivity index (χ1n) is 13.5. The average Bonchev–Trinajstić information content (AvgIpc) is 3.72. The fraction of sp³-hybridized carbons (Fsp3) is 0.188. The number of aromatic nitrogens is 4. The number of imidazole rings is 2. The van der Waals surface area contributed by atoms with Gasteiger partial charge in [-0.15, -0.1) is 0 Å². The molecule has 10 heteroatoms. The normalized spacial score (nSPS) is 17.4. The molecule has 4 nitrogen and oxygen atoms in total. The number of nitrogens with zero attached hydrogens (tertiary/aromatic N) is 4. The second-order valence-corrected chi connectivity index (χ2v) is 13.0. The predicted molar refractivity (Wildman–Crippen MR) is 171 cm³/mol. The van der Waals surface area contributed by atoms with Crippen LogP contribution in [0.5, 0.6) is 0 Å². The Morgan fingerprint density at radius 3 is 1.45 bits per heavy atom. The molecule has 2 aliphatic heterocycles. The Morgan fingerprint density at radius 1 is 0.643 bits per heavy atom. The molecule has 6 aromatic rings. The van der Waals surface area contributed by atoms with E-state index in [1.165, 1.54) is 12.1 Å². The fourth-order valence-electron chi connectivity index (χ4n) is 6.20. The van der Waals surface area contributed by atoms with E-state index in [2.05, 4.69) is 51.0 Å². The molecule has 4 aromatic carbocycles. The highest BCUT2D eigenvalue weighted by Crippen LogP contribution is 2.40. The average molecular weight is 731 g/mol. The second kappa shape index (κ2) is 11.1. The summed E-state index contributed by atoms with van der Waals surface area (Å²) in [7, 11) is 0. The lowest BCUT2D eigenvalue weighted by atomic mass is 10.0. The van der Waals surface area contributed by atoms with Crippen molar-refractivity contribution in [2.75, 3.05) is 0 Å². The van der Waals surface area contributed by atoms with Crippen LogP contribution in [0.3, 0.4) is 0 Å². The Balaban J connectivity index is 0.000000137. The molecular formula is C32H22Br2Cl2F2N4. The van der Waals surface area contributed by atoms with Crippen LogP contribution in [0.4, 0.5) is 8.78 Å². The van der Waals surface area contributed by atoms with Gasteiger partial charge in [-0.2, -0.15) is 0 Å². The maximum atomic E-state index is 13.7. The van der Waals surface area contributed by atoms with Gasteiger partial charge in [0.15, 0.2) is 0 Å². The summed E-state index contributed by atoms with van der Waals surface area (Å²) in [5.41, 5.74) is 5.47. The number of aryl methyl sites for hydroxylation is 2. The maximum Gasteiger partial charge on any atom is 0.139 e. The summed E-state index contributed by atoms with van der Waals surface area (Å²) in [6.45, 7) is 0. The summed E-state index contributed by atoms with van der Waals surface area (Å²) in [6.07, 6.45) is 3.70. The van der Waals surface area contributed by atoms with Gasteiger partial charge in [0, 0.05) is 35.0 Å². The minimum absolute atomic E-state index is 0.163. The molecule has 0 saturated heterocycles. The molecule has 0 radical (unpaired) electrons. The molecule has 2 aromatic heterocycles. The zero-order valence-corrected chi connectivity index (χ0v) is 26.7. The zero-order chi connectivity index (χ0) is 29.1. The standard InChI is InChI=1S/2C16H11BrClFN2/c2*17-10-7-15-13(8-12(10)19)20-16-6-5-14(21(15)16)9-3-1-2-4-11(9)18/h2*1-4,7-8,14H,5-6H2/t2*14-/m10/s1. The summed E-state index contributed by atoms with van der Waals surface area (Å²) >= 11 is 19.2. The lowest BCUT2D eigenvalue weighted by Crippen LogP contribution is -2.06. The third-order valence-corrected chi connectivity index (χ3v) is 9.95. The van der Waals surface area contributed by atoms with Crippen LogP contribution in [-0.2, 0) is 12.8 Å². The van der Waals surface area contributed by atoms with E-state index in [1.807, 2.05) is 48.5 Å². The van der Waals surface area contributed by atoms with Crippen molar-refractivity contribution in [2.45, 2.75) is 37.8 Å². The third kappa shape index (κ3) is 4.77. The van der Waals surface area contributed by atoms with Crippen molar-refractivity contribution in [1.82, 2.24) is 19.1 Å². The topological polar surface area (TPSA) is 35.6 Å². The van der Waals surface area contributed by atoms with E-state index in [4.69, 9.17) is 23.2 Å². The Bertz CT molecular complexity index is 1860. The molecule has 0 saturated carbocycles. The SMILES string of the molecule is Fc1cc2nc3n(c2cc1Br)[C@@H](c1ccccc1Cl)CC3.Fc1cc2nc3n(c2cc1Br)[C@H](c1ccccc1Cl)CC3. The van der Waals surface area contributed by atoms with E-state index >= 15 is 0 Å². The van der Waals surface area contributed by atoms with Gasteiger partial charge in [-0.1, -0.05) is 59.6 Å². The zero-order valence-electron chi connectivity index (χ0n) is 22.0. The van der Waals surface area contributed by atoms with E-state index in [9.17, 15) is 8.78 Å². The van der Waals surface area contributed by atoms with Crippen LogP contribution in [0.1, 0.15) is 47.7 Å². The van der Waals surface area contributed by atoms with Gasteiger partial charge in [0.1, 0.15) is 23.3 Å². The van der Waals surface area contributed by atoms with Crippen LogP contribution in [0.25, 0.3) is 22.1 Å². The molecule has 0 spiro atoms. The van der Waals surface area contributed by atoms with Crippen LogP contribution in [0.15, 0.2) is 81.7 Å². The van der Waals surface area contributed by atoms with E-state index < -0.39 is 0 Å². The Morgan fingerprint density at radius 2 is 1.05 bits per heavy atom. The highest BCUT2D eigenvalue weighted by molar-refractivity contribution is 9.10. The first-order valence-corrected chi connectivity index (χ1v) is 15.8. The molecule has 0 bridgehead atoms. The van der Waals surface area contributed by atoms with Crippen LogP contribution in [-0.4, -0.2) is 19.1 Å². The number of hydrogen-bond acceptors (Lipinski definition) is 2. The van der Waals surface area contributed by atoms with E-state index in [-0.39, 0.29) is 23.7 Å². The van der Waals surface area contributed by atoms with Gasteiger partial charge >= 0.3 is 0 Å². The third-order valence-electron chi connectivity index (χ3n) is 8.04. The lowest BCUT2D eigenvalue weighted by molar-refractivity contribution is 0.619. The Kier molecular flexibility index (Phi) is 7.37. The largest absolute Gasteiger partial charge is 0.320 e. The van der Waals surface area contributed by atoms with Gasteiger partial charge in [-0.3, -0.25) is 0 Å². The molecule has 212 valence electrons. The number of benzene rings is 4. The molecule has 42 heavy (non-hydrogen) atoms. The Labute approximate surface area is 267 Å². The summed E-state index contributed by atoms with van der Waals surface area (Å²) in [5.74, 6) is 1.42. The molecule has 2 aliphatic rings.